The standard InChI is InChI=1S/C23H26N2O3S/c26-20-5-1-3-16(11-20)18-4-2-8-25(14-18)9-10-29-15-19-13-24-22-12-17(23(27)28)6-7-21(19)22/h1,3,5-7,11-13,18,24,26H,2,4,8-10,14-15H2,(H,27,28). The third kappa shape index (κ3) is 4.77. The highest BCUT2D eigenvalue weighted by Gasteiger charge is 2.21. The Labute approximate surface area is 174 Å². The Balaban J connectivity index is 1.28. The molecule has 1 unspecified atom stereocenters. The van der Waals surface area contributed by atoms with Gasteiger partial charge in [-0.15, -0.1) is 0 Å². The van der Waals surface area contributed by atoms with E-state index in [0.29, 0.717) is 17.2 Å². The van der Waals surface area contributed by atoms with E-state index in [1.165, 1.54) is 24.0 Å². The number of carboxylic acid groups (broad SMARTS) is 1. The fourth-order valence-electron chi connectivity index (χ4n) is 4.12. The zero-order valence-corrected chi connectivity index (χ0v) is 17.1. The van der Waals surface area contributed by atoms with Crippen LogP contribution in [0.3, 0.4) is 0 Å². The lowest BCUT2D eigenvalue weighted by Gasteiger charge is -2.33. The summed E-state index contributed by atoms with van der Waals surface area (Å²) in [6.07, 6.45) is 4.36. The summed E-state index contributed by atoms with van der Waals surface area (Å²) in [6.45, 7) is 3.25. The topological polar surface area (TPSA) is 76.6 Å². The van der Waals surface area contributed by atoms with Crippen LogP contribution in [0.1, 0.15) is 40.2 Å². The first kappa shape index (κ1) is 19.9. The summed E-state index contributed by atoms with van der Waals surface area (Å²) in [7, 11) is 0. The molecule has 3 N–H and O–H groups in total. The van der Waals surface area contributed by atoms with Gasteiger partial charge in [-0.2, -0.15) is 11.8 Å². The van der Waals surface area contributed by atoms with Crippen molar-refractivity contribution in [1.29, 1.82) is 0 Å². The number of piperidine rings is 1. The first-order valence-electron chi connectivity index (χ1n) is 10.0. The third-order valence-electron chi connectivity index (χ3n) is 5.67. The Bertz CT molecular complexity index is 1000. The number of benzene rings is 2. The maximum absolute atomic E-state index is 11.1. The third-order valence-corrected chi connectivity index (χ3v) is 6.66. The van der Waals surface area contributed by atoms with Gasteiger partial charge in [-0.1, -0.05) is 18.2 Å². The molecule has 1 aromatic heterocycles. The number of carbonyl (C=O) groups is 1. The van der Waals surface area contributed by atoms with Crippen LogP contribution in [0.5, 0.6) is 5.75 Å². The van der Waals surface area contributed by atoms with Crippen molar-refractivity contribution in [3.8, 4) is 5.75 Å². The molecule has 1 atom stereocenters. The van der Waals surface area contributed by atoms with E-state index in [-0.39, 0.29) is 0 Å². The largest absolute Gasteiger partial charge is 0.508 e. The number of H-pyrrole nitrogens is 1. The van der Waals surface area contributed by atoms with E-state index in [1.807, 2.05) is 36.2 Å². The molecule has 4 rings (SSSR count). The van der Waals surface area contributed by atoms with Crippen molar-refractivity contribution in [2.75, 3.05) is 25.4 Å². The average molecular weight is 411 g/mol. The molecule has 5 nitrogen and oxygen atoms in total. The van der Waals surface area contributed by atoms with E-state index >= 15 is 0 Å². The minimum Gasteiger partial charge on any atom is -0.508 e. The summed E-state index contributed by atoms with van der Waals surface area (Å²) in [5.41, 5.74) is 3.65. The number of hydrogen-bond donors (Lipinski definition) is 3. The van der Waals surface area contributed by atoms with E-state index in [0.717, 1.165) is 42.0 Å². The highest BCUT2D eigenvalue weighted by Crippen LogP contribution is 2.29. The normalized spacial score (nSPS) is 17.6. The number of aromatic carboxylic acids is 1. The van der Waals surface area contributed by atoms with Crippen LogP contribution in [0.4, 0.5) is 0 Å². The fraction of sp³-hybridized carbons (Fsp3) is 0.348. The molecule has 29 heavy (non-hydrogen) atoms. The smallest absolute Gasteiger partial charge is 0.335 e. The van der Waals surface area contributed by atoms with E-state index in [4.69, 9.17) is 5.11 Å². The van der Waals surface area contributed by atoms with Crippen molar-refractivity contribution in [1.82, 2.24) is 9.88 Å². The second kappa shape index (κ2) is 8.93. The number of phenols is 1. The molecule has 1 saturated heterocycles. The van der Waals surface area contributed by atoms with Crippen molar-refractivity contribution >= 4 is 28.6 Å². The van der Waals surface area contributed by atoms with Gasteiger partial charge in [0.1, 0.15) is 5.75 Å². The molecule has 0 bridgehead atoms. The number of nitrogens with one attached hydrogen (secondary N) is 1. The average Bonchev–Trinajstić information content (AvgIpc) is 3.14. The first-order chi connectivity index (χ1) is 14.1. The zero-order valence-electron chi connectivity index (χ0n) is 16.3. The number of carboxylic acids is 1. The minimum atomic E-state index is -0.900. The van der Waals surface area contributed by atoms with Crippen LogP contribution < -0.4 is 0 Å². The molecule has 0 radical (unpaired) electrons. The van der Waals surface area contributed by atoms with Gasteiger partial charge in [-0.05, 0) is 60.7 Å². The quantitative estimate of drug-likeness (QED) is 0.493. The predicted octanol–water partition coefficient (Wildman–Crippen LogP) is 4.68. The molecule has 3 aromatic rings. The number of fused-ring (bicyclic) bond motifs is 1. The number of aromatic amines is 1. The lowest BCUT2D eigenvalue weighted by Crippen LogP contribution is -2.35. The van der Waals surface area contributed by atoms with Gasteiger partial charge in [-0.25, -0.2) is 4.79 Å². The van der Waals surface area contributed by atoms with E-state index < -0.39 is 5.97 Å². The van der Waals surface area contributed by atoms with Gasteiger partial charge in [-0.3, -0.25) is 0 Å². The number of aromatic nitrogens is 1. The van der Waals surface area contributed by atoms with Gasteiger partial charge >= 0.3 is 5.97 Å². The summed E-state index contributed by atoms with van der Waals surface area (Å²) in [6, 6.07) is 12.9. The molecule has 1 aliphatic rings. The maximum Gasteiger partial charge on any atom is 0.335 e. The summed E-state index contributed by atoms with van der Waals surface area (Å²) in [5, 5.41) is 20.0. The van der Waals surface area contributed by atoms with Crippen molar-refractivity contribution in [2.45, 2.75) is 24.5 Å². The van der Waals surface area contributed by atoms with Gasteiger partial charge in [0.05, 0.1) is 5.56 Å². The number of nitrogens with zero attached hydrogens (tertiary/aromatic N) is 1. The Morgan fingerprint density at radius 2 is 2.14 bits per heavy atom. The monoisotopic (exact) mass is 410 g/mol. The van der Waals surface area contributed by atoms with Gasteiger partial charge < -0.3 is 20.1 Å². The molecule has 6 heteroatoms. The highest BCUT2D eigenvalue weighted by atomic mass is 32.2. The van der Waals surface area contributed by atoms with E-state index in [1.54, 1.807) is 18.2 Å². The number of hydrogen-bond acceptors (Lipinski definition) is 4. The molecule has 0 amide bonds. The SMILES string of the molecule is O=C(O)c1ccc2c(CSCCN3CCCC(c4cccc(O)c4)C3)c[nH]c2c1. The van der Waals surface area contributed by atoms with Crippen LogP contribution in [-0.2, 0) is 5.75 Å². The lowest BCUT2D eigenvalue weighted by molar-refractivity contribution is 0.0697. The molecule has 152 valence electrons. The number of likely N-dealkylation sites (tertiary alicyclic amines) is 1. The Morgan fingerprint density at radius 3 is 2.97 bits per heavy atom. The summed E-state index contributed by atoms with van der Waals surface area (Å²) < 4.78 is 0. The molecular formula is C23H26N2O3S. The van der Waals surface area contributed by atoms with Crippen LogP contribution in [-0.4, -0.2) is 51.5 Å². The minimum absolute atomic E-state index is 0.310. The number of phenolic OH excluding ortho intramolecular Hbond substituents is 1. The molecule has 2 heterocycles. The number of rotatable bonds is 7. The van der Waals surface area contributed by atoms with Crippen molar-refractivity contribution in [3.63, 3.8) is 0 Å². The van der Waals surface area contributed by atoms with Crippen LogP contribution in [0.15, 0.2) is 48.7 Å². The molecule has 2 aromatic carbocycles. The number of aromatic hydroxyl groups is 1. The predicted molar refractivity (Wildman–Crippen MR) is 118 cm³/mol. The van der Waals surface area contributed by atoms with Gasteiger partial charge in [0.15, 0.2) is 0 Å². The molecule has 0 aliphatic carbocycles. The fourth-order valence-corrected chi connectivity index (χ4v) is 5.11. The lowest BCUT2D eigenvalue weighted by atomic mass is 9.90. The van der Waals surface area contributed by atoms with Gasteiger partial charge in [0.25, 0.3) is 0 Å². The zero-order chi connectivity index (χ0) is 20.2. The Hall–Kier alpha value is -2.44. The molecule has 1 fully saturated rings. The highest BCUT2D eigenvalue weighted by molar-refractivity contribution is 7.98. The summed E-state index contributed by atoms with van der Waals surface area (Å²) in [4.78, 5) is 16.8. The van der Waals surface area contributed by atoms with Crippen molar-refractivity contribution in [3.05, 3.63) is 65.4 Å². The molecule has 0 spiro atoms. The summed E-state index contributed by atoms with van der Waals surface area (Å²) in [5.74, 6) is 1.92. The van der Waals surface area contributed by atoms with Crippen molar-refractivity contribution in [2.24, 2.45) is 0 Å². The van der Waals surface area contributed by atoms with Crippen molar-refractivity contribution < 1.29 is 15.0 Å². The molecular weight excluding hydrogens is 384 g/mol. The van der Waals surface area contributed by atoms with Crippen LogP contribution in [0.2, 0.25) is 0 Å². The second-order valence-corrected chi connectivity index (χ2v) is 8.77. The van der Waals surface area contributed by atoms with E-state index in [2.05, 4.69) is 16.0 Å². The van der Waals surface area contributed by atoms with Gasteiger partial charge in [0, 0.05) is 41.7 Å². The Kier molecular flexibility index (Phi) is 6.11. The summed E-state index contributed by atoms with van der Waals surface area (Å²) >= 11 is 1.91. The number of thioether (sulfide) groups is 1. The maximum atomic E-state index is 11.1. The second-order valence-electron chi connectivity index (χ2n) is 7.67. The van der Waals surface area contributed by atoms with Crippen LogP contribution in [0.25, 0.3) is 10.9 Å². The Morgan fingerprint density at radius 1 is 1.24 bits per heavy atom. The molecule has 0 saturated carbocycles. The van der Waals surface area contributed by atoms with E-state index in [9.17, 15) is 9.90 Å². The van der Waals surface area contributed by atoms with Gasteiger partial charge in [0.2, 0.25) is 0 Å². The first-order valence-corrected chi connectivity index (χ1v) is 11.2. The molecule has 1 aliphatic heterocycles. The van der Waals surface area contributed by atoms with Crippen LogP contribution >= 0.6 is 11.8 Å². The van der Waals surface area contributed by atoms with Crippen LogP contribution in [0, 0.1) is 0 Å².